The van der Waals surface area contributed by atoms with Crippen LogP contribution in [0.4, 0.5) is 5.69 Å². The molecule has 0 aliphatic carbocycles. The lowest BCUT2D eigenvalue weighted by Crippen LogP contribution is -2.26. The second kappa shape index (κ2) is 14.9. The molecule has 1 aliphatic heterocycles. The summed E-state index contributed by atoms with van der Waals surface area (Å²) in [5, 5.41) is 0. The van der Waals surface area contributed by atoms with Crippen LogP contribution in [0, 0.1) is 0 Å². The molecule has 0 saturated heterocycles. The second-order valence-electron chi connectivity index (χ2n) is 10.5. The minimum absolute atomic E-state index is 0.176. The van der Waals surface area contributed by atoms with Gasteiger partial charge in [-0.25, -0.2) is 4.99 Å². The minimum Gasteiger partial charge on any atom is -0.493 e. The lowest BCUT2D eigenvalue weighted by Gasteiger charge is -2.23. The highest BCUT2D eigenvalue weighted by atomic mass is 16.5. The van der Waals surface area contributed by atoms with Gasteiger partial charge in [-0.15, -0.1) is 0 Å². The van der Waals surface area contributed by atoms with Crippen LogP contribution >= 0.6 is 0 Å². The second-order valence-corrected chi connectivity index (χ2v) is 10.5. The van der Waals surface area contributed by atoms with E-state index in [1.165, 1.54) is 5.56 Å². The van der Waals surface area contributed by atoms with Crippen molar-refractivity contribution in [3.63, 3.8) is 0 Å². The Morgan fingerprint density at radius 2 is 1.79 bits per heavy atom. The number of benzene rings is 3. The summed E-state index contributed by atoms with van der Waals surface area (Å²) in [4.78, 5) is 34.4. The van der Waals surface area contributed by atoms with Crippen LogP contribution in [0.25, 0.3) is 11.1 Å². The Balaban J connectivity index is 1.65. The zero-order valence-electron chi connectivity index (χ0n) is 24.8. The molecule has 7 heteroatoms. The number of ether oxygens (including phenoxy) is 1. The Bertz CT molecular complexity index is 1490. The molecule has 218 valence electrons. The van der Waals surface area contributed by atoms with E-state index < -0.39 is 0 Å². The molecule has 0 bridgehead atoms. The number of aliphatic imine (C=N–C) groups is 2. The first-order chi connectivity index (χ1) is 20.5. The van der Waals surface area contributed by atoms with Gasteiger partial charge < -0.3 is 15.4 Å². The van der Waals surface area contributed by atoms with Gasteiger partial charge in [0.1, 0.15) is 23.7 Å². The van der Waals surface area contributed by atoms with E-state index >= 15 is 0 Å². The molecule has 0 atom stereocenters. The molecule has 1 heterocycles. The van der Waals surface area contributed by atoms with Crippen molar-refractivity contribution in [2.45, 2.75) is 58.8 Å². The van der Waals surface area contributed by atoms with E-state index in [4.69, 9.17) is 15.5 Å². The Morgan fingerprint density at radius 1 is 1.00 bits per heavy atom. The van der Waals surface area contributed by atoms with E-state index in [1.807, 2.05) is 61.6 Å². The Labute approximate surface area is 248 Å². The average Bonchev–Trinajstić information content (AvgIpc) is 3.50. The molecule has 42 heavy (non-hydrogen) atoms. The fourth-order valence-electron chi connectivity index (χ4n) is 5.16. The number of allylic oxidation sites excluding steroid dienone is 2. The van der Waals surface area contributed by atoms with Crippen LogP contribution in [-0.2, 0) is 22.4 Å². The number of fused-ring (bicyclic) bond motifs is 1. The summed E-state index contributed by atoms with van der Waals surface area (Å²) in [6.45, 7) is 5.02. The Morgan fingerprint density at radius 3 is 2.50 bits per heavy atom. The standard InChI is InChI=1S/C35H40N4O3/c1-4-6-12-32(38-34(9-5-2)39(3)29-17-18-33-27(22-29)19-20-42-33)28(23-40)21-25-13-15-26(16-14-25)30-10-7-8-11-31(30)35(36)37-24-41/h7-8,10-11,13-18,22-24H,4-6,9,12,19-21H2,1-3H3,(H2,36,37,41)/b32-28-,38-34?. The molecule has 0 fully saturated rings. The fraction of sp³-hybridized carbons (Fsp3) is 0.314. The number of aldehydes is 1. The van der Waals surface area contributed by atoms with E-state index in [1.54, 1.807) is 0 Å². The van der Waals surface area contributed by atoms with Crippen LogP contribution in [0.1, 0.15) is 62.6 Å². The van der Waals surface area contributed by atoms with Crippen LogP contribution in [0.2, 0.25) is 0 Å². The highest BCUT2D eigenvalue weighted by molar-refractivity contribution is 6.05. The van der Waals surface area contributed by atoms with Crippen LogP contribution in [0.3, 0.4) is 0 Å². The van der Waals surface area contributed by atoms with Gasteiger partial charge in [-0.05, 0) is 59.7 Å². The van der Waals surface area contributed by atoms with E-state index in [0.29, 0.717) is 24.0 Å². The molecule has 1 amide bonds. The predicted molar refractivity (Wildman–Crippen MR) is 171 cm³/mol. The highest BCUT2D eigenvalue weighted by Gasteiger charge is 2.17. The van der Waals surface area contributed by atoms with Gasteiger partial charge in [0.05, 0.1) is 6.61 Å². The Hall–Kier alpha value is -4.52. The van der Waals surface area contributed by atoms with Crippen LogP contribution < -0.4 is 15.4 Å². The van der Waals surface area contributed by atoms with Crippen LogP contribution in [0.5, 0.6) is 5.75 Å². The van der Waals surface area contributed by atoms with Gasteiger partial charge in [0.25, 0.3) is 0 Å². The third-order valence-electron chi connectivity index (χ3n) is 7.52. The maximum atomic E-state index is 12.5. The SMILES string of the molecule is CCCC/C(N=C(CCC)N(C)c1ccc2c(c1)CCO2)=C(/C=O)Cc1ccc(-c2ccccc2C(N)=NC=O)cc1. The van der Waals surface area contributed by atoms with Gasteiger partial charge in [0, 0.05) is 48.8 Å². The first kappa shape index (κ1) is 30.4. The third-order valence-corrected chi connectivity index (χ3v) is 7.52. The minimum atomic E-state index is 0.176. The third kappa shape index (κ3) is 7.40. The first-order valence-corrected chi connectivity index (χ1v) is 14.7. The number of carbonyl (C=O) groups excluding carboxylic acids is 2. The summed E-state index contributed by atoms with van der Waals surface area (Å²) in [6.07, 6.45) is 7.27. The van der Waals surface area contributed by atoms with Crippen molar-refractivity contribution in [3.8, 4) is 16.9 Å². The van der Waals surface area contributed by atoms with Gasteiger partial charge in [-0.2, -0.15) is 4.99 Å². The number of amidine groups is 2. The van der Waals surface area contributed by atoms with Crippen molar-refractivity contribution in [1.29, 1.82) is 0 Å². The maximum absolute atomic E-state index is 12.5. The summed E-state index contributed by atoms with van der Waals surface area (Å²) in [5.41, 5.74) is 13.4. The molecule has 0 unspecified atom stereocenters. The van der Waals surface area contributed by atoms with E-state index in [9.17, 15) is 9.59 Å². The lowest BCUT2D eigenvalue weighted by molar-refractivity contribution is -0.107. The molecule has 3 aromatic rings. The summed E-state index contributed by atoms with van der Waals surface area (Å²) in [7, 11) is 2.05. The summed E-state index contributed by atoms with van der Waals surface area (Å²) in [6, 6.07) is 21.9. The van der Waals surface area contributed by atoms with E-state index in [2.05, 4.69) is 35.9 Å². The van der Waals surface area contributed by atoms with Gasteiger partial charge in [0.15, 0.2) is 0 Å². The van der Waals surface area contributed by atoms with Gasteiger partial charge >= 0.3 is 0 Å². The molecule has 7 nitrogen and oxygen atoms in total. The number of hydrogen-bond acceptors (Lipinski definition) is 4. The van der Waals surface area contributed by atoms with E-state index in [0.717, 1.165) is 91.1 Å². The Kier molecular flexibility index (Phi) is 10.8. The van der Waals surface area contributed by atoms with Crippen molar-refractivity contribution in [2.24, 2.45) is 15.7 Å². The van der Waals surface area contributed by atoms with Crippen molar-refractivity contribution in [1.82, 2.24) is 0 Å². The molecule has 1 aliphatic rings. The molecule has 0 radical (unpaired) electrons. The van der Waals surface area contributed by atoms with E-state index in [-0.39, 0.29) is 5.84 Å². The van der Waals surface area contributed by atoms with Crippen molar-refractivity contribution in [2.75, 3.05) is 18.6 Å². The predicted octanol–water partition coefficient (Wildman–Crippen LogP) is 6.67. The lowest BCUT2D eigenvalue weighted by atomic mass is 9.96. The van der Waals surface area contributed by atoms with Gasteiger partial charge in [-0.1, -0.05) is 68.8 Å². The number of nitrogens with two attached hydrogens (primary N) is 1. The summed E-state index contributed by atoms with van der Waals surface area (Å²) >= 11 is 0. The first-order valence-electron chi connectivity index (χ1n) is 14.7. The van der Waals surface area contributed by atoms with Gasteiger partial charge in [-0.3, -0.25) is 9.59 Å². The largest absolute Gasteiger partial charge is 0.493 e. The molecule has 0 saturated carbocycles. The zero-order valence-corrected chi connectivity index (χ0v) is 24.8. The number of hydrogen-bond donors (Lipinski definition) is 1. The monoisotopic (exact) mass is 564 g/mol. The molecule has 0 aromatic heterocycles. The van der Waals surface area contributed by atoms with Crippen molar-refractivity contribution >= 4 is 30.1 Å². The number of nitrogens with zero attached hydrogens (tertiary/aromatic N) is 3. The normalized spacial score (nSPS) is 13.7. The number of anilines is 1. The van der Waals surface area contributed by atoms with Crippen molar-refractivity contribution in [3.05, 3.63) is 94.7 Å². The van der Waals surface area contributed by atoms with Crippen LogP contribution in [0.15, 0.2) is 88.0 Å². The molecular formula is C35H40N4O3. The van der Waals surface area contributed by atoms with Crippen LogP contribution in [-0.4, -0.2) is 38.0 Å². The number of amides is 1. The number of carbonyl (C=O) groups is 2. The number of unbranched alkanes of at least 4 members (excludes halogenated alkanes) is 1. The molecule has 2 N–H and O–H groups in total. The summed E-state index contributed by atoms with van der Waals surface area (Å²) in [5.74, 6) is 2.08. The number of rotatable bonds is 13. The highest BCUT2D eigenvalue weighted by Crippen LogP contribution is 2.30. The zero-order chi connectivity index (χ0) is 29.9. The average molecular weight is 565 g/mol. The molecule has 4 rings (SSSR count). The van der Waals surface area contributed by atoms with Crippen molar-refractivity contribution < 1.29 is 14.3 Å². The fourth-order valence-corrected chi connectivity index (χ4v) is 5.16. The molecule has 3 aromatic carbocycles. The topological polar surface area (TPSA) is 97.3 Å². The maximum Gasteiger partial charge on any atom is 0.234 e. The van der Waals surface area contributed by atoms with Gasteiger partial charge in [0.2, 0.25) is 6.41 Å². The molecular weight excluding hydrogens is 524 g/mol. The molecule has 0 spiro atoms. The quantitative estimate of drug-likeness (QED) is 0.108. The smallest absolute Gasteiger partial charge is 0.234 e. The summed E-state index contributed by atoms with van der Waals surface area (Å²) < 4.78 is 5.69.